The fourth-order valence-electron chi connectivity index (χ4n) is 5.94. The Hall–Kier alpha value is -2.79. The molecule has 0 saturated heterocycles. The molecular weight excluding hydrogens is 605 g/mol. The van der Waals surface area contributed by atoms with Gasteiger partial charge in [-0.25, -0.2) is 0 Å². The van der Waals surface area contributed by atoms with E-state index in [4.69, 9.17) is 0 Å². The SMILES string of the molecule is CC1NC=C(CN2CC(Cc3ccccc3)N(I(C)(=O)C=O)Cc3ccc(NC(=O)C4CCCCC4)cc32)N1. The molecule has 1 aliphatic carbocycles. The van der Waals surface area contributed by atoms with E-state index >= 15 is 0 Å². The number of amides is 1. The van der Waals surface area contributed by atoms with Crippen LogP contribution in [0.3, 0.4) is 0 Å². The quantitative estimate of drug-likeness (QED) is 0.123. The summed E-state index contributed by atoms with van der Waals surface area (Å²) in [4.78, 5) is 29.1. The second kappa shape index (κ2) is 12.2. The summed E-state index contributed by atoms with van der Waals surface area (Å²) in [7, 11) is 0. The number of rotatable bonds is 8. The summed E-state index contributed by atoms with van der Waals surface area (Å²) in [6.45, 7) is 3.73. The summed E-state index contributed by atoms with van der Waals surface area (Å²) >= 11 is -4.08. The van der Waals surface area contributed by atoms with Gasteiger partial charge in [-0.1, -0.05) is 0 Å². The van der Waals surface area contributed by atoms with Gasteiger partial charge >= 0.3 is 237 Å². The molecule has 2 aromatic carbocycles. The standard InChI is InChI=1S/C30H40IN5O3/c1-22-32-17-27(33-22)19-35-20-28(15-23-9-5-3-6-10-23)36(31(2,39)21-37)18-25-13-14-26(16-29(25)35)34-30(38)24-11-7-4-8-12-24/h3,5-6,9-10,13-14,16-17,21-22,24,28,32-33H,4,7-8,11-12,15,18-20H2,1-2H3,(H,34,38). The van der Waals surface area contributed by atoms with Gasteiger partial charge in [0.05, 0.1) is 0 Å². The van der Waals surface area contributed by atoms with Crippen molar-refractivity contribution < 1.29 is 12.7 Å². The Morgan fingerprint density at radius 2 is 1.90 bits per heavy atom. The number of fused-ring (bicyclic) bond motifs is 1. The van der Waals surface area contributed by atoms with Crippen molar-refractivity contribution in [1.82, 2.24) is 13.7 Å². The molecule has 210 valence electrons. The number of anilines is 2. The average Bonchev–Trinajstić information content (AvgIpc) is 3.29. The van der Waals surface area contributed by atoms with E-state index in [9.17, 15) is 12.7 Å². The molecule has 3 unspecified atom stereocenters. The molecule has 0 aromatic heterocycles. The molecule has 1 amide bonds. The van der Waals surface area contributed by atoms with E-state index < -0.39 is 18.7 Å². The van der Waals surface area contributed by atoms with Gasteiger partial charge in [-0.2, -0.15) is 0 Å². The van der Waals surface area contributed by atoms with Gasteiger partial charge in [0.25, 0.3) is 0 Å². The fourth-order valence-corrected chi connectivity index (χ4v) is 9.21. The molecular formula is C30H40IN5O3. The van der Waals surface area contributed by atoms with Crippen molar-refractivity contribution in [2.45, 2.75) is 64.2 Å². The van der Waals surface area contributed by atoms with Gasteiger partial charge in [-0.3, -0.25) is 0 Å². The molecule has 1 fully saturated rings. The van der Waals surface area contributed by atoms with Crippen LogP contribution in [0.5, 0.6) is 0 Å². The molecule has 1 saturated carbocycles. The Bertz CT molecular complexity index is 1260. The third kappa shape index (κ3) is 6.69. The molecule has 5 rings (SSSR count). The number of hydrogen-bond acceptors (Lipinski definition) is 6. The van der Waals surface area contributed by atoms with E-state index in [1.807, 2.05) is 39.6 Å². The molecule has 0 bridgehead atoms. The summed E-state index contributed by atoms with van der Waals surface area (Å²) in [5, 5.41) is 9.97. The van der Waals surface area contributed by atoms with Crippen LogP contribution in [0.25, 0.3) is 0 Å². The van der Waals surface area contributed by atoms with Gasteiger partial charge in [-0.05, 0) is 0 Å². The third-order valence-electron chi connectivity index (χ3n) is 8.00. The van der Waals surface area contributed by atoms with Crippen LogP contribution in [0, 0.1) is 5.92 Å². The molecule has 9 heteroatoms. The predicted molar refractivity (Wildman–Crippen MR) is 165 cm³/mol. The second-order valence-electron chi connectivity index (χ2n) is 11.0. The van der Waals surface area contributed by atoms with Crippen molar-refractivity contribution in [2.75, 3.05) is 28.2 Å². The van der Waals surface area contributed by atoms with Crippen molar-refractivity contribution >= 4 is 40.3 Å². The van der Waals surface area contributed by atoms with Crippen molar-refractivity contribution in [1.29, 1.82) is 0 Å². The molecule has 3 N–H and O–H groups in total. The zero-order chi connectivity index (χ0) is 27.4. The van der Waals surface area contributed by atoms with Crippen molar-refractivity contribution in [3.05, 3.63) is 71.6 Å². The summed E-state index contributed by atoms with van der Waals surface area (Å²) in [5.41, 5.74) is 5.01. The zero-order valence-electron chi connectivity index (χ0n) is 22.9. The predicted octanol–water partition coefficient (Wildman–Crippen LogP) is 4.94. The molecule has 0 spiro atoms. The fraction of sp³-hybridized carbons (Fsp3) is 0.467. The number of hydrogen-bond donors (Lipinski definition) is 3. The van der Waals surface area contributed by atoms with E-state index in [1.54, 1.807) is 4.93 Å². The number of nitrogens with zero attached hydrogens (tertiary/aromatic N) is 2. The second-order valence-corrected chi connectivity index (χ2v) is 17.3. The number of carbonyl (C=O) groups is 2. The van der Waals surface area contributed by atoms with E-state index in [2.05, 4.69) is 46.0 Å². The molecule has 8 nitrogen and oxygen atoms in total. The Labute approximate surface area is 235 Å². The van der Waals surface area contributed by atoms with Crippen molar-refractivity contribution in [3.8, 4) is 0 Å². The number of nitrogens with one attached hydrogen (secondary N) is 3. The van der Waals surface area contributed by atoms with E-state index in [-0.39, 0.29) is 24.0 Å². The average molecular weight is 646 g/mol. The summed E-state index contributed by atoms with van der Waals surface area (Å²) in [5.74, 6) is 0.167. The number of halogens is 1. The first-order valence-corrected chi connectivity index (χ1v) is 19.2. The van der Waals surface area contributed by atoms with Crippen LogP contribution in [-0.2, 0) is 25.6 Å². The van der Waals surface area contributed by atoms with Gasteiger partial charge < -0.3 is 0 Å². The van der Waals surface area contributed by atoms with Gasteiger partial charge in [0.2, 0.25) is 0 Å². The molecule has 3 aliphatic rings. The summed E-state index contributed by atoms with van der Waals surface area (Å²) in [6.07, 6.45) is 8.17. The van der Waals surface area contributed by atoms with Crippen LogP contribution in [0.2, 0.25) is 0 Å². The summed E-state index contributed by atoms with van der Waals surface area (Å²) < 4.78 is 16.4. The molecule has 2 aliphatic heterocycles. The molecule has 0 radical (unpaired) electrons. The Morgan fingerprint density at radius 1 is 1.13 bits per heavy atom. The third-order valence-corrected chi connectivity index (χ3v) is 12.5. The Balaban J connectivity index is 1.49. The van der Waals surface area contributed by atoms with Gasteiger partial charge in [0.15, 0.2) is 0 Å². The first kappa shape index (κ1) is 27.8. The minimum absolute atomic E-state index is 0.0707. The van der Waals surface area contributed by atoms with Crippen LogP contribution < -0.4 is 20.9 Å². The monoisotopic (exact) mass is 645 g/mol. The van der Waals surface area contributed by atoms with E-state index in [1.165, 1.54) is 6.42 Å². The van der Waals surface area contributed by atoms with Crippen LogP contribution in [0.1, 0.15) is 50.2 Å². The van der Waals surface area contributed by atoms with Gasteiger partial charge in [0.1, 0.15) is 0 Å². The Kier molecular flexibility index (Phi) is 8.66. The molecule has 3 atom stereocenters. The van der Waals surface area contributed by atoms with Gasteiger partial charge in [0, 0.05) is 0 Å². The normalized spacial score (nSPS) is 24.3. The van der Waals surface area contributed by atoms with E-state index in [0.29, 0.717) is 30.3 Å². The first-order valence-electron chi connectivity index (χ1n) is 13.9. The molecule has 2 heterocycles. The van der Waals surface area contributed by atoms with Crippen molar-refractivity contribution in [3.63, 3.8) is 0 Å². The number of alkyl halides is 1. The van der Waals surface area contributed by atoms with Crippen LogP contribution in [-0.4, -0.2) is 43.5 Å². The molecule has 2 aromatic rings. The van der Waals surface area contributed by atoms with Crippen molar-refractivity contribution in [2.24, 2.45) is 5.92 Å². The van der Waals surface area contributed by atoms with Crippen LogP contribution in [0.4, 0.5) is 11.4 Å². The number of carbonyl (C=O) groups excluding carboxylic acids is 2. The summed E-state index contributed by atoms with van der Waals surface area (Å²) in [6, 6.07) is 16.1. The van der Waals surface area contributed by atoms with Gasteiger partial charge in [-0.15, -0.1) is 0 Å². The maximum absolute atomic E-state index is 13.7. The Morgan fingerprint density at radius 3 is 2.59 bits per heavy atom. The minimum atomic E-state index is -4.08. The maximum atomic E-state index is 13.7. The van der Waals surface area contributed by atoms with Crippen LogP contribution >= 0.6 is 18.7 Å². The topological polar surface area (TPSA) is 93.8 Å². The number of benzene rings is 2. The zero-order valence-corrected chi connectivity index (χ0v) is 25.0. The first-order chi connectivity index (χ1) is 18.8. The van der Waals surface area contributed by atoms with Crippen LogP contribution in [0.15, 0.2) is 60.4 Å². The van der Waals surface area contributed by atoms with E-state index in [0.717, 1.165) is 53.9 Å². The molecule has 39 heavy (non-hydrogen) atoms.